The first kappa shape index (κ1) is 14.3. The lowest BCUT2D eigenvalue weighted by Crippen LogP contribution is -2.21. The van der Waals surface area contributed by atoms with Gasteiger partial charge < -0.3 is 5.73 Å². The van der Waals surface area contributed by atoms with Crippen LogP contribution in [0.1, 0.15) is 48.8 Å². The molecule has 0 bridgehead atoms. The lowest BCUT2D eigenvalue weighted by molar-refractivity contribution is 0.457. The van der Waals surface area contributed by atoms with Crippen LogP contribution >= 0.6 is 0 Å². The van der Waals surface area contributed by atoms with Gasteiger partial charge in [-0.05, 0) is 48.8 Å². The molecule has 1 aromatic carbocycles. The summed E-state index contributed by atoms with van der Waals surface area (Å²) < 4.78 is 2.10. The first-order chi connectivity index (χ1) is 10.3. The van der Waals surface area contributed by atoms with E-state index in [2.05, 4.69) is 47.2 Å². The number of fused-ring (bicyclic) bond motifs is 1. The number of aromatic nitrogens is 2. The van der Waals surface area contributed by atoms with Gasteiger partial charge >= 0.3 is 0 Å². The summed E-state index contributed by atoms with van der Waals surface area (Å²) in [5.41, 5.74) is 10.3. The average Bonchev–Trinajstić information content (AvgIpc) is 2.94. The third kappa shape index (κ3) is 3.35. The van der Waals surface area contributed by atoms with Crippen LogP contribution in [0.15, 0.2) is 36.7 Å². The molecule has 0 saturated heterocycles. The van der Waals surface area contributed by atoms with E-state index in [0.717, 1.165) is 19.4 Å². The van der Waals surface area contributed by atoms with Crippen LogP contribution in [0, 0.1) is 0 Å². The maximum atomic E-state index is 6.02. The number of nitrogens with zero attached hydrogens (tertiary/aromatic N) is 2. The van der Waals surface area contributed by atoms with Gasteiger partial charge in [-0.1, -0.05) is 31.2 Å². The summed E-state index contributed by atoms with van der Waals surface area (Å²) in [6.07, 6.45) is 9.87. The summed E-state index contributed by atoms with van der Waals surface area (Å²) in [6, 6.07) is 9.12. The van der Waals surface area contributed by atoms with Crippen LogP contribution in [-0.4, -0.2) is 15.8 Å². The molecule has 1 heterocycles. The Labute approximate surface area is 127 Å². The Hall–Kier alpha value is -1.61. The molecule has 3 rings (SSSR count). The number of hydrogen-bond acceptors (Lipinski definition) is 2. The van der Waals surface area contributed by atoms with Crippen LogP contribution in [0.4, 0.5) is 0 Å². The van der Waals surface area contributed by atoms with Crippen molar-refractivity contribution in [3.05, 3.63) is 53.3 Å². The van der Waals surface area contributed by atoms with Crippen LogP contribution in [0.2, 0.25) is 0 Å². The Morgan fingerprint density at radius 2 is 2.24 bits per heavy atom. The third-order valence-corrected chi connectivity index (χ3v) is 4.61. The summed E-state index contributed by atoms with van der Waals surface area (Å²) >= 11 is 0. The standard InChI is InChI=1S/C18H25N3/c1-2-17(19)10-14-11-20-21(12-14)13-16-8-5-7-15-6-3-4-9-18(15)16/h3-4,6,9,11-12,16-17H,2,5,7-8,10,13,19H2,1H3. The fourth-order valence-electron chi connectivity index (χ4n) is 3.33. The summed E-state index contributed by atoms with van der Waals surface area (Å²) in [7, 11) is 0. The molecule has 0 fully saturated rings. The van der Waals surface area contributed by atoms with Crippen molar-refractivity contribution in [2.24, 2.45) is 5.73 Å². The van der Waals surface area contributed by atoms with E-state index in [1.807, 2.05) is 6.20 Å². The van der Waals surface area contributed by atoms with E-state index in [9.17, 15) is 0 Å². The van der Waals surface area contributed by atoms with Crippen molar-refractivity contribution in [1.29, 1.82) is 0 Å². The molecule has 0 radical (unpaired) electrons. The second-order valence-electron chi connectivity index (χ2n) is 6.23. The third-order valence-electron chi connectivity index (χ3n) is 4.61. The Bertz CT molecular complexity index is 588. The van der Waals surface area contributed by atoms with Gasteiger partial charge in [0.2, 0.25) is 0 Å². The van der Waals surface area contributed by atoms with Crippen molar-refractivity contribution in [3.63, 3.8) is 0 Å². The normalized spacial score (nSPS) is 19.2. The molecular weight excluding hydrogens is 258 g/mol. The largest absolute Gasteiger partial charge is 0.327 e. The maximum Gasteiger partial charge on any atom is 0.0522 e. The fraction of sp³-hybridized carbons (Fsp3) is 0.500. The number of nitrogens with two attached hydrogens (primary N) is 1. The van der Waals surface area contributed by atoms with Crippen molar-refractivity contribution in [2.45, 2.75) is 57.5 Å². The molecule has 1 aliphatic carbocycles. The second-order valence-corrected chi connectivity index (χ2v) is 6.23. The van der Waals surface area contributed by atoms with E-state index in [1.54, 1.807) is 0 Å². The molecule has 1 aliphatic rings. The Balaban J connectivity index is 1.70. The SMILES string of the molecule is CCC(N)Cc1cnn(CC2CCCc3ccccc32)c1. The minimum absolute atomic E-state index is 0.248. The van der Waals surface area contributed by atoms with Gasteiger partial charge in [0.15, 0.2) is 0 Å². The van der Waals surface area contributed by atoms with Crippen molar-refractivity contribution in [1.82, 2.24) is 9.78 Å². The minimum atomic E-state index is 0.248. The van der Waals surface area contributed by atoms with E-state index in [4.69, 9.17) is 5.73 Å². The first-order valence-electron chi connectivity index (χ1n) is 8.11. The number of hydrogen-bond donors (Lipinski definition) is 1. The molecule has 2 unspecified atom stereocenters. The highest BCUT2D eigenvalue weighted by atomic mass is 15.3. The van der Waals surface area contributed by atoms with E-state index >= 15 is 0 Å². The Morgan fingerprint density at radius 3 is 3.10 bits per heavy atom. The van der Waals surface area contributed by atoms with Gasteiger partial charge in [0.1, 0.15) is 0 Å². The quantitative estimate of drug-likeness (QED) is 0.915. The molecule has 2 N–H and O–H groups in total. The van der Waals surface area contributed by atoms with Gasteiger partial charge in [0, 0.05) is 24.7 Å². The smallest absolute Gasteiger partial charge is 0.0522 e. The van der Waals surface area contributed by atoms with E-state index in [0.29, 0.717) is 5.92 Å². The van der Waals surface area contributed by atoms with Crippen LogP contribution in [0.3, 0.4) is 0 Å². The van der Waals surface area contributed by atoms with Gasteiger partial charge in [-0.15, -0.1) is 0 Å². The summed E-state index contributed by atoms with van der Waals surface area (Å²) in [6.45, 7) is 3.12. The molecule has 2 aromatic rings. The van der Waals surface area contributed by atoms with Gasteiger partial charge in [-0.25, -0.2) is 0 Å². The average molecular weight is 283 g/mol. The number of aryl methyl sites for hydroxylation is 1. The molecule has 0 aliphatic heterocycles. The van der Waals surface area contributed by atoms with Gasteiger partial charge in [-0.2, -0.15) is 5.10 Å². The van der Waals surface area contributed by atoms with Crippen LogP contribution in [0.25, 0.3) is 0 Å². The van der Waals surface area contributed by atoms with Crippen molar-refractivity contribution >= 4 is 0 Å². The summed E-state index contributed by atoms with van der Waals surface area (Å²) in [5, 5.41) is 4.53. The molecule has 21 heavy (non-hydrogen) atoms. The lowest BCUT2D eigenvalue weighted by atomic mass is 9.83. The Morgan fingerprint density at radius 1 is 1.38 bits per heavy atom. The first-order valence-corrected chi connectivity index (χ1v) is 8.11. The number of rotatable bonds is 5. The van der Waals surface area contributed by atoms with Gasteiger partial charge in [0.05, 0.1) is 6.20 Å². The summed E-state index contributed by atoms with van der Waals surface area (Å²) in [5.74, 6) is 0.600. The zero-order chi connectivity index (χ0) is 14.7. The fourth-order valence-corrected chi connectivity index (χ4v) is 3.33. The highest BCUT2D eigenvalue weighted by Crippen LogP contribution is 2.32. The Kier molecular flexibility index (Phi) is 4.39. The van der Waals surface area contributed by atoms with Crippen LogP contribution in [0.5, 0.6) is 0 Å². The molecule has 3 heteroatoms. The van der Waals surface area contributed by atoms with Crippen LogP contribution < -0.4 is 5.73 Å². The van der Waals surface area contributed by atoms with E-state index < -0.39 is 0 Å². The molecule has 0 amide bonds. The molecule has 112 valence electrons. The molecule has 2 atom stereocenters. The zero-order valence-electron chi connectivity index (χ0n) is 12.8. The van der Waals surface area contributed by atoms with Crippen molar-refractivity contribution < 1.29 is 0 Å². The van der Waals surface area contributed by atoms with Crippen molar-refractivity contribution in [2.75, 3.05) is 0 Å². The molecule has 0 saturated carbocycles. The highest BCUT2D eigenvalue weighted by molar-refractivity contribution is 5.32. The van der Waals surface area contributed by atoms with Gasteiger partial charge in [-0.3, -0.25) is 4.68 Å². The van der Waals surface area contributed by atoms with E-state index in [1.165, 1.54) is 36.0 Å². The van der Waals surface area contributed by atoms with Gasteiger partial charge in [0.25, 0.3) is 0 Å². The maximum absolute atomic E-state index is 6.02. The molecular formula is C18H25N3. The lowest BCUT2D eigenvalue weighted by Gasteiger charge is -2.25. The van der Waals surface area contributed by atoms with Crippen molar-refractivity contribution in [3.8, 4) is 0 Å². The number of benzene rings is 1. The minimum Gasteiger partial charge on any atom is -0.327 e. The van der Waals surface area contributed by atoms with E-state index in [-0.39, 0.29) is 6.04 Å². The topological polar surface area (TPSA) is 43.8 Å². The monoisotopic (exact) mass is 283 g/mol. The molecule has 0 spiro atoms. The zero-order valence-corrected chi connectivity index (χ0v) is 12.8. The predicted octanol–water partition coefficient (Wildman–Crippen LogP) is 3.28. The molecule has 3 nitrogen and oxygen atoms in total. The predicted molar refractivity (Wildman–Crippen MR) is 86.3 cm³/mol. The molecule has 1 aromatic heterocycles. The van der Waals surface area contributed by atoms with Crippen LogP contribution in [-0.2, 0) is 19.4 Å². The summed E-state index contributed by atoms with van der Waals surface area (Å²) in [4.78, 5) is 0. The highest BCUT2D eigenvalue weighted by Gasteiger charge is 2.20. The second kappa shape index (κ2) is 6.44.